The van der Waals surface area contributed by atoms with Gasteiger partial charge in [-0.05, 0) is 25.1 Å². The molecular formula is C11H12F3NO2. The first kappa shape index (κ1) is 13.5. The zero-order valence-corrected chi connectivity index (χ0v) is 9.08. The molecule has 1 amide bonds. The van der Waals surface area contributed by atoms with E-state index in [9.17, 15) is 18.0 Å². The molecule has 17 heavy (non-hydrogen) atoms. The summed E-state index contributed by atoms with van der Waals surface area (Å²) in [7, 11) is 0. The summed E-state index contributed by atoms with van der Waals surface area (Å²) in [4.78, 5) is 11.5. The van der Waals surface area contributed by atoms with Crippen LogP contribution >= 0.6 is 0 Å². The Hall–Kier alpha value is -1.56. The zero-order chi connectivity index (χ0) is 13.1. The molecule has 0 aliphatic rings. The van der Waals surface area contributed by atoms with Crippen LogP contribution in [-0.2, 0) is 6.18 Å². The smallest absolute Gasteiger partial charge is 0.394 e. The van der Waals surface area contributed by atoms with E-state index in [4.69, 9.17) is 5.11 Å². The van der Waals surface area contributed by atoms with Gasteiger partial charge in [-0.15, -0.1) is 0 Å². The van der Waals surface area contributed by atoms with Crippen molar-refractivity contribution in [3.8, 4) is 0 Å². The topological polar surface area (TPSA) is 49.3 Å². The van der Waals surface area contributed by atoms with E-state index in [1.165, 1.54) is 12.1 Å². The number of aliphatic hydroxyl groups is 1. The Morgan fingerprint density at radius 3 is 2.65 bits per heavy atom. The molecule has 0 spiro atoms. The number of alkyl halides is 3. The molecule has 6 heteroatoms. The van der Waals surface area contributed by atoms with Crippen molar-refractivity contribution in [3.05, 3.63) is 35.4 Å². The predicted molar refractivity (Wildman–Crippen MR) is 55.5 cm³/mol. The Bertz CT molecular complexity index is 404. The number of carbonyl (C=O) groups is 1. The molecule has 0 fully saturated rings. The number of rotatable bonds is 3. The fourth-order valence-corrected chi connectivity index (χ4v) is 1.19. The van der Waals surface area contributed by atoms with Gasteiger partial charge in [-0.25, -0.2) is 0 Å². The summed E-state index contributed by atoms with van der Waals surface area (Å²) in [6, 6.07) is 3.62. The van der Waals surface area contributed by atoms with Gasteiger partial charge in [0.05, 0.1) is 12.2 Å². The molecule has 1 aromatic rings. The molecule has 0 aromatic heterocycles. The number of halogens is 3. The number of benzene rings is 1. The van der Waals surface area contributed by atoms with Crippen molar-refractivity contribution in [1.82, 2.24) is 5.32 Å². The van der Waals surface area contributed by atoms with Gasteiger partial charge in [0.2, 0.25) is 0 Å². The van der Waals surface area contributed by atoms with Crippen LogP contribution < -0.4 is 5.32 Å². The minimum absolute atomic E-state index is 0.0832. The van der Waals surface area contributed by atoms with Crippen molar-refractivity contribution in [2.24, 2.45) is 0 Å². The molecule has 0 bridgehead atoms. The summed E-state index contributed by atoms with van der Waals surface area (Å²) in [6.07, 6.45) is -4.47. The first-order chi connectivity index (χ1) is 7.84. The molecule has 1 rings (SSSR count). The van der Waals surface area contributed by atoms with Gasteiger partial charge in [-0.3, -0.25) is 4.79 Å². The van der Waals surface area contributed by atoms with Crippen LogP contribution in [0, 0.1) is 0 Å². The standard InChI is InChI=1S/C11H12F3NO2/c1-7(6-16)15-10(17)8-3-2-4-9(5-8)11(12,13)14/h2-5,7,16H,6H2,1H3,(H,15,17)/t7-/m1/s1. The molecule has 0 saturated heterocycles. The Kier molecular flexibility index (Phi) is 4.11. The second-order valence-electron chi connectivity index (χ2n) is 3.64. The highest BCUT2D eigenvalue weighted by Crippen LogP contribution is 2.29. The molecule has 0 unspecified atom stereocenters. The van der Waals surface area contributed by atoms with E-state index in [1.807, 2.05) is 0 Å². The quantitative estimate of drug-likeness (QED) is 0.855. The molecule has 94 valence electrons. The second kappa shape index (κ2) is 5.18. The van der Waals surface area contributed by atoms with Gasteiger partial charge in [0, 0.05) is 11.6 Å². The minimum atomic E-state index is -4.47. The average molecular weight is 247 g/mol. The fraction of sp³-hybridized carbons (Fsp3) is 0.364. The number of hydrogen-bond donors (Lipinski definition) is 2. The number of nitrogens with one attached hydrogen (secondary N) is 1. The molecule has 1 aromatic carbocycles. The maximum Gasteiger partial charge on any atom is 0.416 e. The van der Waals surface area contributed by atoms with Crippen LogP contribution in [0.25, 0.3) is 0 Å². The van der Waals surface area contributed by atoms with E-state index in [0.29, 0.717) is 0 Å². The monoisotopic (exact) mass is 247 g/mol. The van der Waals surface area contributed by atoms with Crippen LogP contribution in [-0.4, -0.2) is 23.7 Å². The summed E-state index contributed by atoms with van der Waals surface area (Å²) in [5, 5.41) is 11.1. The molecule has 0 radical (unpaired) electrons. The van der Waals surface area contributed by atoms with E-state index in [0.717, 1.165) is 12.1 Å². The minimum Gasteiger partial charge on any atom is -0.394 e. The van der Waals surface area contributed by atoms with Gasteiger partial charge in [0.25, 0.3) is 5.91 Å². The van der Waals surface area contributed by atoms with Crippen molar-refractivity contribution in [1.29, 1.82) is 0 Å². The molecule has 0 saturated carbocycles. The lowest BCUT2D eigenvalue weighted by Crippen LogP contribution is -2.35. The van der Waals surface area contributed by atoms with Crippen LogP contribution in [0.3, 0.4) is 0 Å². The molecule has 0 aliphatic carbocycles. The molecule has 0 aliphatic heterocycles. The predicted octanol–water partition coefficient (Wildman–Crippen LogP) is 1.82. The molecule has 2 N–H and O–H groups in total. The van der Waals surface area contributed by atoms with Crippen molar-refractivity contribution in [3.63, 3.8) is 0 Å². The second-order valence-corrected chi connectivity index (χ2v) is 3.64. The van der Waals surface area contributed by atoms with E-state index in [1.54, 1.807) is 6.92 Å². The number of aliphatic hydroxyl groups excluding tert-OH is 1. The fourth-order valence-electron chi connectivity index (χ4n) is 1.19. The SMILES string of the molecule is C[C@H](CO)NC(=O)c1cccc(C(F)(F)F)c1. The summed E-state index contributed by atoms with van der Waals surface area (Å²) in [5.74, 6) is -0.641. The number of carbonyl (C=O) groups excluding carboxylic acids is 1. The van der Waals surface area contributed by atoms with E-state index < -0.39 is 23.7 Å². The largest absolute Gasteiger partial charge is 0.416 e. The third-order valence-corrected chi connectivity index (χ3v) is 2.10. The van der Waals surface area contributed by atoms with Gasteiger partial charge >= 0.3 is 6.18 Å². The molecule has 0 heterocycles. The zero-order valence-electron chi connectivity index (χ0n) is 9.08. The van der Waals surface area contributed by atoms with E-state index in [-0.39, 0.29) is 12.2 Å². The lowest BCUT2D eigenvalue weighted by Gasteiger charge is -2.12. The van der Waals surface area contributed by atoms with Crippen molar-refractivity contribution in [2.45, 2.75) is 19.1 Å². The Labute approximate surface area is 96.3 Å². The van der Waals surface area contributed by atoms with Gasteiger partial charge < -0.3 is 10.4 Å². The maximum absolute atomic E-state index is 12.4. The Balaban J connectivity index is 2.89. The number of hydrogen-bond acceptors (Lipinski definition) is 2. The van der Waals surface area contributed by atoms with E-state index in [2.05, 4.69) is 5.32 Å². The van der Waals surface area contributed by atoms with Crippen LogP contribution in [0.1, 0.15) is 22.8 Å². The summed E-state index contributed by atoms with van der Waals surface area (Å²) >= 11 is 0. The highest BCUT2D eigenvalue weighted by Gasteiger charge is 2.30. The van der Waals surface area contributed by atoms with Gasteiger partial charge in [0.1, 0.15) is 0 Å². The van der Waals surface area contributed by atoms with Gasteiger partial charge in [0.15, 0.2) is 0 Å². The van der Waals surface area contributed by atoms with Crippen LogP contribution in [0.2, 0.25) is 0 Å². The normalized spacial score (nSPS) is 13.2. The first-order valence-corrected chi connectivity index (χ1v) is 4.93. The summed E-state index contributed by atoms with van der Waals surface area (Å²) in [6.45, 7) is 1.27. The first-order valence-electron chi connectivity index (χ1n) is 4.93. The number of amides is 1. The molecule has 3 nitrogen and oxygen atoms in total. The van der Waals surface area contributed by atoms with Crippen molar-refractivity contribution >= 4 is 5.91 Å². The van der Waals surface area contributed by atoms with Gasteiger partial charge in [-0.1, -0.05) is 6.07 Å². The van der Waals surface area contributed by atoms with E-state index >= 15 is 0 Å². The lowest BCUT2D eigenvalue weighted by molar-refractivity contribution is -0.137. The highest BCUT2D eigenvalue weighted by atomic mass is 19.4. The van der Waals surface area contributed by atoms with Crippen LogP contribution in [0.5, 0.6) is 0 Å². The third kappa shape index (κ3) is 3.74. The van der Waals surface area contributed by atoms with Crippen LogP contribution in [0.15, 0.2) is 24.3 Å². The Morgan fingerprint density at radius 2 is 2.12 bits per heavy atom. The van der Waals surface area contributed by atoms with Crippen molar-refractivity contribution in [2.75, 3.05) is 6.61 Å². The lowest BCUT2D eigenvalue weighted by atomic mass is 10.1. The average Bonchev–Trinajstić information content (AvgIpc) is 2.28. The third-order valence-electron chi connectivity index (χ3n) is 2.10. The molecular weight excluding hydrogens is 235 g/mol. The maximum atomic E-state index is 12.4. The molecule has 1 atom stereocenters. The van der Waals surface area contributed by atoms with Crippen molar-refractivity contribution < 1.29 is 23.1 Å². The van der Waals surface area contributed by atoms with Crippen LogP contribution in [0.4, 0.5) is 13.2 Å². The summed E-state index contributed by atoms with van der Waals surface area (Å²) in [5.41, 5.74) is -0.957. The van der Waals surface area contributed by atoms with Gasteiger partial charge in [-0.2, -0.15) is 13.2 Å². The Morgan fingerprint density at radius 1 is 1.47 bits per heavy atom. The summed E-state index contributed by atoms with van der Waals surface area (Å²) < 4.78 is 37.2. The highest BCUT2D eigenvalue weighted by molar-refractivity contribution is 5.94.